The molecule has 1 unspecified atom stereocenters. The first-order valence-electron chi connectivity index (χ1n) is 7.53. The van der Waals surface area contributed by atoms with Crippen molar-refractivity contribution in [2.45, 2.75) is 63.9 Å². The predicted molar refractivity (Wildman–Crippen MR) is 84.5 cm³/mol. The highest BCUT2D eigenvalue weighted by molar-refractivity contribution is 7.89. The van der Waals surface area contributed by atoms with Crippen molar-refractivity contribution in [3.8, 4) is 0 Å². The van der Waals surface area contributed by atoms with E-state index in [4.69, 9.17) is 5.14 Å². The molecule has 0 aliphatic rings. The van der Waals surface area contributed by atoms with Gasteiger partial charge >= 0.3 is 0 Å². The Bertz CT molecular complexity index is 581. The average Bonchev–Trinajstić information content (AvgIpc) is 2.84. The number of nitrogens with one attached hydrogen (secondary N) is 1. The van der Waals surface area contributed by atoms with Crippen LogP contribution in [0.15, 0.2) is 17.3 Å². The topological polar surface area (TPSA) is 107 Å². The third-order valence-electron chi connectivity index (χ3n) is 3.33. The second kappa shape index (κ2) is 8.28. The van der Waals surface area contributed by atoms with Crippen molar-refractivity contribution in [3.63, 3.8) is 0 Å². The zero-order valence-corrected chi connectivity index (χ0v) is 14.3. The molecule has 0 radical (unpaired) electrons. The summed E-state index contributed by atoms with van der Waals surface area (Å²) in [5.74, 6) is 0.612. The molecule has 0 spiro atoms. The number of sulfonamides is 1. The number of carbonyl (C=O) groups is 1. The van der Waals surface area contributed by atoms with Gasteiger partial charge in [0.1, 0.15) is 4.90 Å². The van der Waals surface area contributed by atoms with Crippen LogP contribution in [0.25, 0.3) is 0 Å². The highest BCUT2D eigenvalue weighted by Gasteiger charge is 2.12. The number of amides is 1. The summed E-state index contributed by atoms with van der Waals surface area (Å²) in [6.07, 6.45) is 5.97. The van der Waals surface area contributed by atoms with E-state index in [0.29, 0.717) is 12.5 Å². The molecule has 0 fully saturated rings. The van der Waals surface area contributed by atoms with Gasteiger partial charge in [-0.3, -0.25) is 9.48 Å². The van der Waals surface area contributed by atoms with Crippen LogP contribution >= 0.6 is 0 Å². The summed E-state index contributed by atoms with van der Waals surface area (Å²) in [7, 11) is -3.74. The molecule has 0 aliphatic heterocycles. The van der Waals surface area contributed by atoms with E-state index in [1.54, 1.807) is 0 Å². The molecular weight excluding hydrogens is 304 g/mol. The Morgan fingerprint density at radius 3 is 2.59 bits per heavy atom. The maximum atomic E-state index is 11.8. The fourth-order valence-electron chi connectivity index (χ4n) is 2.08. The van der Waals surface area contributed by atoms with Gasteiger partial charge in [-0.2, -0.15) is 5.10 Å². The number of hydrogen-bond acceptors (Lipinski definition) is 4. The number of carbonyl (C=O) groups excluding carboxylic acids is 1. The second-order valence-electron chi connectivity index (χ2n) is 6.03. The standard InChI is InChI=1S/C14H26N4O3S/c1-11(2)5-4-6-12(3)17-14(19)7-8-18-10-13(9-16-18)22(15,20)21/h9-12H,4-8H2,1-3H3,(H,17,19)(H2,15,20,21). The van der Waals surface area contributed by atoms with Gasteiger partial charge in [0.15, 0.2) is 0 Å². The lowest BCUT2D eigenvalue weighted by Crippen LogP contribution is -2.33. The number of rotatable bonds is 9. The summed E-state index contributed by atoms with van der Waals surface area (Å²) in [5, 5.41) is 11.8. The van der Waals surface area contributed by atoms with Crippen molar-refractivity contribution in [2.75, 3.05) is 0 Å². The van der Waals surface area contributed by atoms with E-state index in [9.17, 15) is 13.2 Å². The van der Waals surface area contributed by atoms with Gasteiger partial charge in [-0.1, -0.05) is 26.7 Å². The molecule has 8 heteroatoms. The summed E-state index contributed by atoms with van der Waals surface area (Å²) >= 11 is 0. The van der Waals surface area contributed by atoms with E-state index in [-0.39, 0.29) is 23.3 Å². The maximum absolute atomic E-state index is 11.8. The quantitative estimate of drug-likeness (QED) is 0.710. The number of nitrogens with two attached hydrogens (primary N) is 1. The Morgan fingerprint density at radius 2 is 2.05 bits per heavy atom. The van der Waals surface area contributed by atoms with Crippen molar-refractivity contribution in [2.24, 2.45) is 11.1 Å². The van der Waals surface area contributed by atoms with Crippen molar-refractivity contribution in [1.29, 1.82) is 0 Å². The molecule has 1 heterocycles. The molecule has 22 heavy (non-hydrogen) atoms. The lowest BCUT2D eigenvalue weighted by Gasteiger charge is -2.14. The fourth-order valence-corrected chi connectivity index (χ4v) is 2.54. The number of hydrogen-bond donors (Lipinski definition) is 2. The Kier molecular flexibility index (Phi) is 7.02. The zero-order chi connectivity index (χ0) is 16.8. The van der Waals surface area contributed by atoms with Crippen LogP contribution < -0.4 is 10.5 Å². The van der Waals surface area contributed by atoms with Crippen LogP contribution in [-0.4, -0.2) is 30.1 Å². The third kappa shape index (κ3) is 7.04. The predicted octanol–water partition coefficient (Wildman–Crippen LogP) is 1.25. The lowest BCUT2D eigenvalue weighted by atomic mass is 10.0. The minimum Gasteiger partial charge on any atom is -0.354 e. The van der Waals surface area contributed by atoms with Gasteiger partial charge in [-0.25, -0.2) is 13.6 Å². The van der Waals surface area contributed by atoms with E-state index in [0.717, 1.165) is 19.3 Å². The van der Waals surface area contributed by atoms with E-state index in [1.807, 2.05) is 6.92 Å². The first kappa shape index (κ1) is 18.6. The van der Waals surface area contributed by atoms with Gasteiger partial charge in [-0.05, 0) is 19.3 Å². The smallest absolute Gasteiger partial charge is 0.241 e. The zero-order valence-electron chi connectivity index (χ0n) is 13.4. The van der Waals surface area contributed by atoms with E-state index < -0.39 is 10.0 Å². The maximum Gasteiger partial charge on any atom is 0.241 e. The van der Waals surface area contributed by atoms with Crippen LogP contribution in [0.3, 0.4) is 0 Å². The molecule has 1 rings (SSSR count). The summed E-state index contributed by atoms with van der Waals surface area (Å²) in [5.41, 5.74) is 0. The summed E-state index contributed by atoms with van der Waals surface area (Å²) < 4.78 is 23.7. The van der Waals surface area contributed by atoms with Gasteiger partial charge in [0, 0.05) is 25.2 Å². The second-order valence-corrected chi connectivity index (χ2v) is 7.59. The third-order valence-corrected chi connectivity index (χ3v) is 4.20. The molecule has 3 N–H and O–H groups in total. The fraction of sp³-hybridized carbons (Fsp3) is 0.714. The molecule has 126 valence electrons. The Balaban J connectivity index is 2.32. The van der Waals surface area contributed by atoms with E-state index >= 15 is 0 Å². The number of nitrogens with zero attached hydrogens (tertiary/aromatic N) is 2. The highest BCUT2D eigenvalue weighted by Crippen LogP contribution is 2.08. The van der Waals surface area contributed by atoms with Crippen molar-refractivity contribution in [3.05, 3.63) is 12.4 Å². The Labute approximate surface area is 132 Å². The number of aryl methyl sites for hydroxylation is 1. The van der Waals surface area contributed by atoms with Crippen molar-refractivity contribution >= 4 is 15.9 Å². The van der Waals surface area contributed by atoms with Crippen molar-refractivity contribution in [1.82, 2.24) is 15.1 Å². The SMILES string of the molecule is CC(C)CCCC(C)NC(=O)CCn1cc(S(N)(=O)=O)cn1. The molecule has 1 atom stereocenters. The number of primary sulfonamides is 1. The molecule has 1 aromatic rings. The lowest BCUT2D eigenvalue weighted by molar-refractivity contribution is -0.122. The minimum absolute atomic E-state index is 0.0463. The first-order chi connectivity index (χ1) is 10.2. The van der Waals surface area contributed by atoms with Gasteiger partial charge in [0.25, 0.3) is 0 Å². The van der Waals surface area contributed by atoms with Crippen molar-refractivity contribution < 1.29 is 13.2 Å². The molecule has 1 amide bonds. The number of aromatic nitrogens is 2. The summed E-state index contributed by atoms with van der Waals surface area (Å²) in [6, 6.07) is 0.142. The normalized spacial score (nSPS) is 13.3. The van der Waals surface area contributed by atoms with Gasteiger partial charge in [0.05, 0.1) is 6.20 Å². The summed E-state index contributed by atoms with van der Waals surface area (Å²) in [6.45, 7) is 6.68. The Morgan fingerprint density at radius 1 is 1.36 bits per heavy atom. The van der Waals surface area contributed by atoms with Gasteiger partial charge in [-0.15, -0.1) is 0 Å². The van der Waals surface area contributed by atoms with E-state index in [2.05, 4.69) is 24.3 Å². The van der Waals surface area contributed by atoms with E-state index in [1.165, 1.54) is 17.1 Å². The molecular formula is C14H26N4O3S. The highest BCUT2D eigenvalue weighted by atomic mass is 32.2. The van der Waals surface area contributed by atoms with Crippen LogP contribution in [0.4, 0.5) is 0 Å². The molecule has 0 saturated carbocycles. The minimum atomic E-state index is -3.74. The van der Waals surface area contributed by atoms with Crippen LogP contribution in [0.5, 0.6) is 0 Å². The molecule has 0 saturated heterocycles. The average molecular weight is 330 g/mol. The first-order valence-corrected chi connectivity index (χ1v) is 9.07. The van der Waals surface area contributed by atoms with Crippen LogP contribution in [0.2, 0.25) is 0 Å². The monoisotopic (exact) mass is 330 g/mol. The molecule has 1 aromatic heterocycles. The van der Waals surface area contributed by atoms with Crippen LogP contribution in [0.1, 0.15) is 46.5 Å². The largest absolute Gasteiger partial charge is 0.354 e. The Hall–Kier alpha value is -1.41. The molecule has 0 aliphatic carbocycles. The molecule has 7 nitrogen and oxygen atoms in total. The van der Waals surface area contributed by atoms with Crippen LogP contribution in [-0.2, 0) is 21.4 Å². The summed E-state index contributed by atoms with van der Waals surface area (Å²) in [4.78, 5) is 11.8. The molecule has 0 aromatic carbocycles. The van der Waals surface area contributed by atoms with Gasteiger partial charge in [0.2, 0.25) is 15.9 Å². The van der Waals surface area contributed by atoms with Gasteiger partial charge < -0.3 is 5.32 Å². The molecule has 0 bridgehead atoms. The van der Waals surface area contributed by atoms with Crippen LogP contribution in [0, 0.1) is 5.92 Å².